The highest BCUT2D eigenvalue weighted by Gasteiger charge is 2.21. The van der Waals surface area contributed by atoms with Crippen molar-refractivity contribution >= 4 is 40.6 Å². The van der Waals surface area contributed by atoms with Gasteiger partial charge >= 0.3 is 0 Å². The van der Waals surface area contributed by atoms with E-state index in [1.54, 1.807) is 0 Å². The average Bonchev–Trinajstić information content (AvgIpc) is 3.44. The van der Waals surface area contributed by atoms with Crippen molar-refractivity contribution in [2.24, 2.45) is 0 Å². The summed E-state index contributed by atoms with van der Waals surface area (Å²) in [5, 5.41) is 16.4. The molecule has 32 heavy (non-hydrogen) atoms. The smallest absolute Gasteiger partial charge is 0.234 e. The molecule has 1 fully saturated rings. The predicted molar refractivity (Wildman–Crippen MR) is 128 cm³/mol. The third-order valence-electron chi connectivity index (χ3n) is 5.22. The Morgan fingerprint density at radius 2 is 2.06 bits per heavy atom. The first kappa shape index (κ1) is 22.6. The first-order valence-electron chi connectivity index (χ1n) is 10.6. The second kappa shape index (κ2) is 10.8. The minimum absolute atomic E-state index is 0.0816. The second-order valence-electron chi connectivity index (χ2n) is 7.66. The standard InChI is InChI=1S/C23H26ClN5O2S/c1-16-9-10-18(12-20(16)24)25-13-21-27-28-23(29(21)14-19-8-5-11-31-19)32-15-22(30)26-17-6-3-2-4-7-17/h2-4,6-7,9-10,12,19,25H,5,8,11,13-15H2,1H3,(H,26,30)/t19-/m0/s1. The second-order valence-corrected chi connectivity index (χ2v) is 9.01. The molecule has 3 aromatic rings. The fourth-order valence-electron chi connectivity index (χ4n) is 3.46. The van der Waals surface area contributed by atoms with E-state index in [1.807, 2.05) is 55.5 Å². The molecule has 1 aromatic heterocycles. The number of aromatic nitrogens is 3. The SMILES string of the molecule is Cc1ccc(NCc2nnc(SCC(=O)Nc3ccccc3)n2C[C@@H]2CCCO2)cc1Cl. The van der Waals surface area contributed by atoms with Gasteiger partial charge in [-0.2, -0.15) is 0 Å². The molecule has 2 heterocycles. The van der Waals surface area contributed by atoms with E-state index in [0.29, 0.717) is 18.2 Å². The van der Waals surface area contributed by atoms with Crippen molar-refractivity contribution in [1.82, 2.24) is 14.8 Å². The Kier molecular flexibility index (Phi) is 7.68. The van der Waals surface area contributed by atoms with E-state index < -0.39 is 0 Å². The molecule has 1 amide bonds. The summed E-state index contributed by atoms with van der Waals surface area (Å²) in [4.78, 5) is 12.4. The number of carbonyl (C=O) groups is 1. The van der Waals surface area contributed by atoms with Gasteiger partial charge in [0.1, 0.15) is 0 Å². The van der Waals surface area contributed by atoms with Crippen LogP contribution < -0.4 is 10.6 Å². The number of nitrogens with zero attached hydrogens (tertiary/aromatic N) is 3. The number of benzene rings is 2. The number of halogens is 1. The molecule has 168 valence electrons. The van der Waals surface area contributed by atoms with Crippen LogP contribution in [-0.4, -0.2) is 39.1 Å². The average molecular weight is 472 g/mol. The van der Waals surface area contributed by atoms with E-state index in [1.165, 1.54) is 11.8 Å². The van der Waals surface area contributed by atoms with Crippen molar-refractivity contribution in [3.63, 3.8) is 0 Å². The van der Waals surface area contributed by atoms with Crippen LogP contribution in [0.4, 0.5) is 11.4 Å². The lowest BCUT2D eigenvalue weighted by Crippen LogP contribution is -2.20. The van der Waals surface area contributed by atoms with Crippen LogP contribution in [0.5, 0.6) is 0 Å². The molecular formula is C23H26ClN5O2S. The van der Waals surface area contributed by atoms with Gasteiger partial charge in [-0.05, 0) is 49.6 Å². The van der Waals surface area contributed by atoms with Crippen LogP contribution in [0.25, 0.3) is 0 Å². The highest BCUT2D eigenvalue weighted by atomic mass is 35.5. The summed E-state index contributed by atoms with van der Waals surface area (Å²) in [6, 6.07) is 15.3. The molecule has 0 spiro atoms. The Morgan fingerprint density at radius 1 is 1.22 bits per heavy atom. The molecule has 4 rings (SSSR count). The van der Waals surface area contributed by atoms with Gasteiger partial charge in [0.2, 0.25) is 5.91 Å². The Balaban J connectivity index is 1.43. The third-order valence-corrected chi connectivity index (χ3v) is 6.59. The van der Waals surface area contributed by atoms with Crippen LogP contribution in [0.15, 0.2) is 53.7 Å². The first-order valence-corrected chi connectivity index (χ1v) is 12.0. The normalized spacial score (nSPS) is 15.6. The van der Waals surface area contributed by atoms with Crippen LogP contribution >= 0.6 is 23.4 Å². The molecule has 0 aliphatic carbocycles. The lowest BCUT2D eigenvalue weighted by atomic mass is 10.2. The highest BCUT2D eigenvalue weighted by Crippen LogP contribution is 2.24. The predicted octanol–water partition coefficient (Wildman–Crippen LogP) is 4.76. The van der Waals surface area contributed by atoms with Crippen LogP contribution in [0, 0.1) is 6.92 Å². The van der Waals surface area contributed by atoms with Gasteiger partial charge in [0.25, 0.3) is 0 Å². The highest BCUT2D eigenvalue weighted by molar-refractivity contribution is 7.99. The van der Waals surface area contributed by atoms with Crippen LogP contribution in [0.1, 0.15) is 24.2 Å². The number of amides is 1. The maximum atomic E-state index is 12.4. The monoisotopic (exact) mass is 471 g/mol. The summed E-state index contributed by atoms with van der Waals surface area (Å²) in [7, 11) is 0. The fraction of sp³-hybridized carbons (Fsp3) is 0.348. The molecule has 2 N–H and O–H groups in total. The van der Waals surface area contributed by atoms with E-state index in [-0.39, 0.29) is 17.8 Å². The number of para-hydroxylation sites is 1. The molecule has 0 saturated carbocycles. The van der Waals surface area contributed by atoms with Crippen molar-refractivity contribution in [2.45, 2.75) is 44.1 Å². The van der Waals surface area contributed by atoms with Gasteiger partial charge in [0.15, 0.2) is 11.0 Å². The van der Waals surface area contributed by atoms with E-state index in [9.17, 15) is 4.79 Å². The molecule has 7 nitrogen and oxygen atoms in total. The molecule has 2 aromatic carbocycles. The van der Waals surface area contributed by atoms with Gasteiger partial charge in [-0.1, -0.05) is 47.6 Å². The lowest BCUT2D eigenvalue weighted by molar-refractivity contribution is -0.113. The van der Waals surface area contributed by atoms with Crippen molar-refractivity contribution < 1.29 is 9.53 Å². The molecule has 0 unspecified atom stereocenters. The van der Waals surface area contributed by atoms with Gasteiger partial charge < -0.3 is 19.9 Å². The van der Waals surface area contributed by atoms with Crippen molar-refractivity contribution in [2.75, 3.05) is 23.0 Å². The summed E-state index contributed by atoms with van der Waals surface area (Å²) in [6.07, 6.45) is 2.21. The molecule has 0 radical (unpaired) electrons. The third kappa shape index (κ3) is 6.03. The number of thioether (sulfide) groups is 1. The molecule has 1 saturated heterocycles. The van der Waals surface area contributed by atoms with E-state index in [0.717, 1.165) is 47.2 Å². The number of anilines is 2. The summed E-state index contributed by atoms with van der Waals surface area (Å²) < 4.78 is 7.88. The summed E-state index contributed by atoms with van der Waals surface area (Å²) in [5.41, 5.74) is 2.73. The number of ether oxygens (including phenoxy) is 1. The van der Waals surface area contributed by atoms with E-state index >= 15 is 0 Å². The maximum absolute atomic E-state index is 12.4. The van der Waals surface area contributed by atoms with Gasteiger partial charge in [-0.25, -0.2) is 0 Å². The quantitative estimate of drug-likeness (QED) is 0.438. The maximum Gasteiger partial charge on any atom is 0.234 e. The Hall–Kier alpha value is -2.55. The van der Waals surface area contributed by atoms with E-state index in [2.05, 4.69) is 25.4 Å². The molecular weight excluding hydrogens is 446 g/mol. The Bertz CT molecular complexity index is 1050. The van der Waals surface area contributed by atoms with Gasteiger partial charge in [-0.3, -0.25) is 4.79 Å². The van der Waals surface area contributed by atoms with Crippen molar-refractivity contribution in [1.29, 1.82) is 0 Å². The van der Waals surface area contributed by atoms with Gasteiger partial charge in [0.05, 0.1) is 24.9 Å². The summed E-state index contributed by atoms with van der Waals surface area (Å²) in [5.74, 6) is 0.963. The molecule has 1 aliphatic heterocycles. The zero-order valence-corrected chi connectivity index (χ0v) is 19.5. The summed E-state index contributed by atoms with van der Waals surface area (Å²) >= 11 is 7.62. The molecule has 1 atom stereocenters. The molecule has 0 bridgehead atoms. The minimum Gasteiger partial charge on any atom is -0.378 e. The first-order chi connectivity index (χ1) is 15.6. The van der Waals surface area contributed by atoms with Crippen LogP contribution in [0.3, 0.4) is 0 Å². The fourth-order valence-corrected chi connectivity index (χ4v) is 4.41. The van der Waals surface area contributed by atoms with Gasteiger partial charge in [-0.15, -0.1) is 10.2 Å². The number of aryl methyl sites for hydroxylation is 1. The minimum atomic E-state index is -0.0816. The zero-order chi connectivity index (χ0) is 22.3. The number of nitrogens with one attached hydrogen (secondary N) is 2. The van der Waals surface area contributed by atoms with Crippen molar-refractivity contribution in [3.05, 3.63) is 64.9 Å². The number of hydrogen-bond donors (Lipinski definition) is 2. The largest absolute Gasteiger partial charge is 0.378 e. The number of rotatable bonds is 9. The lowest BCUT2D eigenvalue weighted by Gasteiger charge is -2.15. The van der Waals surface area contributed by atoms with E-state index in [4.69, 9.17) is 16.3 Å². The zero-order valence-electron chi connectivity index (χ0n) is 17.9. The number of hydrogen-bond acceptors (Lipinski definition) is 6. The Labute approximate surface area is 196 Å². The Morgan fingerprint density at radius 3 is 2.81 bits per heavy atom. The topological polar surface area (TPSA) is 81.1 Å². The van der Waals surface area contributed by atoms with Gasteiger partial charge in [0, 0.05) is 23.0 Å². The van der Waals surface area contributed by atoms with Crippen LogP contribution in [-0.2, 0) is 22.6 Å². The summed E-state index contributed by atoms with van der Waals surface area (Å²) in [6.45, 7) is 3.92. The van der Waals surface area contributed by atoms with Crippen molar-refractivity contribution in [3.8, 4) is 0 Å². The number of carbonyl (C=O) groups excluding carboxylic acids is 1. The molecule has 9 heteroatoms. The van der Waals surface area contributed by atoms with Crippen LogP contribution in [0.2, 0.25) is 5.02 Å². The molecule has 1 aliphatic rings.